The van der Waals surface area contributed by atoms with Crippen molar-refractivity contribution < 1.29 is 14.3 Å². The summed E-state index contributed by atoms with van der Waals surface area (Å²) in [5.74, 6) is 4.89. The molecule has 4 nitrogen and oxygen atoms in total. The molecule has 1 saturated heterocycles. The molecule has 1 aliphatic rings. The summed E-state index contributed by atoms with van der Waals surface area (Å²) in [6.07, 6.45) is 2.13. The predicted molar refractivity (Wildman–Crippen MR) is 79.4 cm³/mol. The van der Waals surface area contributed by atoms with Gasteiger partial charge in [-0.05, 0) is 37.0 Å². The number of anilines is 1. The van der Waals surface area contributed by atoms with Crippen molar-refractivity contribution in [1.29, 1.82) is 0 Å². The predicted octanol–water partition coefficient (Wildman–Crippen LogP) is 2.43. The van der Waals surface area contributed by atoms with Crippen LogP contribution in [0.4, 0.5) is 14.9 Å². The van der Waals surface area contributed by atoms with Gasteiger partial charge in [-0.25, -0.2) is 9.18 Å². The Morgan fingerprint density at radius 3 is 3.05 bits per heavy atom. The number of piperidine rings is 1. The van der Waals surface area contributed by atoms with E-state index in [1.165, 1.54) is 12.1 Å². The van der Waals surface area contributed by atoms with Gasteiger partial charge in [0.15, 0.2) is 0 Å². The lowest BCUT2D eigenvalue weighted by Gasteiger charge is -2.30. The minimum Gasteiger partial charge on any atom is -0.384 e. The maximum Gasteiger partial charge on any atom is 0.321 e. The first kappa shape index (κ1) is 15.3. The first-order chi connectivity index (χ1) is 10.1. The zero-order chi connectivity index (χ0) is 15.2. The summed E-state index contributed by atoms with van der Waals surface area (Å²) in [5.41, 5.74) is 0.610. The van der Waals surface area contributed by atoms with Gasteiger partial charge in [0.25, 0.3) is 0 Å². The summed E-state index contributed by atoms with van der Waals surface area (Å²) < 4.78 is 13.8. The molecular formula is C16H19FN2O2. The number of benzene rings is 1. The van der Waals surface area contributed by atoms with Crippen molar-refractivity contribution >= 4 is 11.7 Å². The van der Waals surface area contributed by atoms with E-state index in [9.17, 15) is 9.18 Å². The molecule has 2 rings (SSSR count). The molecule has 112 valence electrons. The first-order valence-electron chi connectivity index (χ1n) is 7.05. The van der Waals surface area contributed by atoms with Crippen LogP contribution in [0.1, 0.15) is 25.3 Å². The van der Waals surface area contributed by atoms with E-state index in [0.717, 1.165) is 25.9 Å². The van der Waals surface area contributed by atoms with Crippen LogP contribution in [0, 0.1) is 23.6 Å². The van der Waals surface area contributed by atoms with Gasteiger partial charge >= 0.3 is 6.03 Å². The summed E-state index contributed by atoms with van der Waals surface area (Å²) in [6, 6.07) is 4.14. The van der Waals surface area contributed by atoms with Gasteiger partial charge in [-0.1, -0.05) is 18.8 Å². The summed E-state index contributed by atoms with van der Waals surface area (Å²) in [7, 11) is 0. The van der Waals surface area contributed by atoms with E-state index in [1.807, 2.05) is 0 Å². The third-order valence-corrected chi connectivity index (χ3v) is 3.47. The van der Waals surface area contributed by atoms with Crippen molar-refractivity contribution in [3.8, 4) is 11.8 Å². The molecule has 2 N–H and O–H groups in total. The molecule has 1 aliphatic heterocycles. The molecule has 21 heavy (non-hydrogen) atoms. The second kappa shape index (κ2) is 7.09. The maximum absolute atomic E-state index is 13.8. The van der Waals surface area contributed by atoms with E-state index in [0.29, 0.717) is 11.6 Å². The van der Waals surface area contributed by atoms with Crippen molar-refractivity contribution in [2.45, 2.75) is 19.8 Å². The van der Waals surface area contributed by atoms with Crippen LogP contribution < -0.4 is 5.32 Å². The quantitative estimate of drug-likeness (QED) is 0.781. The minimum atomic E-state index is -0.513. The second-order valence-corrected chi connectivity index (χ2v) is 5.28. The molecule has 1 heterocycles. The molecule has 0 saturated carbocycles. The Morgan fingerprint density at radius 1 is 1.57 bits per heavy atom. The number of amides is 2. The van der Waals surface area contributed by atoms with Crippen molar-refractivity contribution in [1.82, 2.24) is 4.90 Å². The summed E-state index contributed by atoms with van der Waals surface area (Å²) in [4.78, 5) is 13.9. The van der Waals surface area contributed by atoms with Crippen LogP contribution in [0.2, 0.25) is 0 Å². The smallest absolute Gasteiger partial charge is 0.321 e. The molecule has 0 spiro atoms. The standard InChI is InChI=1S/C16H19FN2O2/c1-12-4-2-8-19(11-12)16(21)18-14-7-6-13(5-3-9-20)15(17)10-14/h6-7,10,12,20H,2,4,8-9,11H2,1H3,(H,18,21). The number of likely N-dealkylation sites (tertiary alicyclic amines) is 1. The highest BCUT2D eigenvalue weighted by molar-refractivity contribution is 5.89. The largest absolute Gasteiger partial charge is 0.384 e. The molecule has 1 unspecified atom stereocenters. The molecule has 0 radical (unpaired) electrons. The van der Waals surface area contributed by atoms with Crippen LogP contribution in [0.25, 0.3) is 0 Å². The van der Waals surface area contributed by atoms with Gasteiger partial charge in [0.2, 0.25) is 0 Å². The van der Waals surface area contributed by atoms with E-state index >= 15 is 0 Å². The Morgan fingerprint density at radius 2 is 2.38 bits per heavy atom. The third kappa shape index (κ3) is 4.20. The average molecular weight is 290 g/mol. The number of halogens is 1. The van der Waals surface area contributed by atoms with E-state index in [-0.39, 0.29) is 18.2 Å². The zero-order valence-corrected chi connectivity index (χ0v) is 12.0. The Hall–Kier alpha value is -2.06. The molecular weight excluding hydrogens is 271 g/mol. The minimum absolute atomic E-state index is 0.199. The van der Waals surface area contributed by atoms with Gasteiger partial charge in [-0.15, -0.1) is 0 Å². The van der Waals surface area contributed by atoms with Gasteiger partial charge in [0.05, 0.1) is 5.56 Å². The van der Waals surface area contributed by atoms with Crippen LogP contribution in [0.15, 0.2) is 18.2 Å². The summed E-state index contributed by atoms with van der Waals surface area (Å²) in [5, 5.41) is 11.3. The molecule has 0 bridgehead atoms. The summed E-state index contributed by atoms with van der Waals surface area (Å²) >= 11 is 0. The van der Waals surface area contributed by atoms with E-state index in [2.05, 4.69) is 24.1 Å². The van der Waals surface area contributed by atoms with Gasteiger partial charge < -0.3 is 15.3 Å². The number of nitrogens with zero attached hydrogens (tertiary/aromatic N) is 1. The lowest BCUT2D eigenvalue weighted by Crippen LogP contribution is -2.41. The zero-order valence-electron chi connectivity index (χ0n) is 12.0. The molecule has 1 aromatic carbocycles. The Labute approximate surface area is 124 Å². The fourth-order valence-electron chi connectivity index (χ4n) is 2.41. The highest BCUT2D eigenvalue weighted by Gasteiger charge is 2.20. The summed E-state index contributed by atoms with van der Waals surface area (Å²) in [6.45, 7) is 3.27. The number of hydrogen-bond acceptors (Lipinski definition) is 2. The average Bonchev–Trinajstić information content (AvgIpc) is 2.46. The molecule has 1 aromatic rings. The molecule has 2 amide bonds. The van der Waals surface area contributed by atoms with Crippen molar-refractivity contribution in [2.24, 2.45) is 5.92 Å². The van der Waals surface area contributed by atoms with Crippen molar-refractivity contribution in [3.63, 3.8) is 0 Å². The van der Waals surface area contributed by atoms with Crippen LogP contribution in [0.3, 0.4) is 0 Å². The van der Waals surface area contributed by atoms with Crippen molar-refractivity contribution in [2.75, 3.05) is 25.0 Å². The number of carbonyl (C=O) groups excluding carboxylic acids is 1. The van der Waals surface area contributed by atoms with Crippen LogP contribution in [-0.2, 0) is 0 Å². The van der Waals surface area contributed by atoms with Gasteiger partial charge in [-0.2, -0.15) is 0 Å². The molecule has 1 fully saturated rings. The van der Waals surface area contributed by atoms with Crippen LogP contribution in [0.5, 0.6) is 0 Å². The van der Waals surface area contributed by atoms with Gasteiger partial charge in [-0.3, -0.25) is 0 Å². The number of urea groups is 1. The van der Waals surface area contributed by atoms with Gasteiger partial charge in [0.1, 0.15) is 12.4 Å². The number of aliphatic hydroxyl groups excluding tert-OH is 1. The normalized spacial score (nSPS) is 17.9. The fourth-order valence-corrected chi connectivity index (χ4v) is 2.41. The Kier molecular flexibility index (Phi) is 5.18. The number of carbonyl (C=O) groups is 1. The SMILES string of the molecule is CC1CCCN(C(=O)Nc2ccc(C#CCO)c(F)c2)C1. The number of aliphatic hydroxyl groups is 1. The Balaban J connectivity index is 2.02. The van der Waals surface area contributed by atoms with Crippen molar-refractivity contribution in [3.05, 3.63) is 29.6 Å². The Bertz CT molecular complexity index is 577. The monoisotopic (exact) mass is 290 g/mol. The lowest BCUT2D eigenvalue weighted by atomic mass is 10.0. The van der Waals surface area contributed by atoms with E-state index in [1.54, 1.807) is 11.0 Å². The van der Waals surface area contributed by atoms with E-state index < -0.39 is 5.82 Å². The first-order valence-corrected chi connectivity index (χ1v) is 7.05. The van der Waals surface area contributed by atoms with Gasteiger partial charge in [0, 0.05) is 18.8 Å². The maximum atomic E-state index is 13.8. The number of rotatable bonds is 1. The van der Waals surface area contributed by atoms with Crippen LogP contribution in [-0.4, -0.2) is 35.7 Å². The van der Waals surface area contributed by atoms with Crippen LogP contribution >= 0.6 is 0 Å². The molecule has 5 heteroatoms. The molecule has 0 aliphatic carbocycles. The third-order valence-electron chi connectivity index (χ3n) is 3.47. The van der Waals surface area contributed by atoms with E-state index in [4.69, 9.17) is 5.11 Å². The molecule has 0 aromatic heterocycles. The fraction of sp³-hybridized carbons (Fsp3) is 0.438. The topological polar surface area (TPSA) is 52.6 Å². The highest BCUT2D eigenvalue weighted by atomic mass is 19.1. The second-order valence-electron chi connectivity index (χ2n) is 5.28. The highest BCUT2D eigenvalue weighted by Crippen LogP contribution is 2.18. The number of nitrogens with one attached hydrogen (secondary N) is 1. The lowest BCUT2D eigenvalue weighted by molar-refractivity contribution is 0.182. The molecule has 1 atom stereocenters. The number of hydrogen-bond donors (Lipinski definition) is 2.